The van der Waals surface area contributed by atoms with E-state index in [0.29, 0.717) is 12.0 Å². The minimum atomic E-state index is -0.408. The number of carbonyl (C=O) groups excluding carboxylic acids is 2. The second-order valence-electron chi connectivity index (χ2n) is 7.07. The molecule has 0 saturated carbocycles. The summed E-state index contributed by atoms with van der Waals surface area (Å²) < 4.78 is 5.16. The van der Waals surface area contributed by atoms with Crippen LogP contribution in [0, 0.1) is 0 Å². The summed E-state index contributed by atoms with van der Waals surface area (Å²) in [4.78, 5) is 28.1. The van der Waals surface area contributed by atoms with Crippen LogP contribution >= 0.6 is 0 Å². The van der Waals surface area contributed by atoms with Crippen LogP contribution in [0.1, 0.15) is 27.9 Å². The molecule has 1 aliphatic heterocycles. The normalized spacial score (nSPS) is 14.7. The molecule has 0 bridgehead atoms. The van der Waals surface area contributed by atoms with Gasteiger partial charge >= 0.3 is 0 Å². The lowest BCUT2D eigenvalue weighted by molar-refractivity contribution is -0.133. The average molecular weight is 381 g/mol. The third-order valence-electron chi connectivity index (χ3n) is 5.13. The molecular formula is C22H27N3O3. The molecule has 6 heteroatoms. The van der Waals surface area contributed by atoms with Crippen LogP contribution in [0.3, 0.4) is 0 Å². The zero-order chi connectivity index (χ0) is 19.9. The third kappa shape index (κ3) is 5.33. The molecule has 6 nitrogen and oxygen atoms in total. The van der Waals surface area contributed by atoms with Crippen LogP contribution < -0.4 is 10.5 Å². The van der Waals surface area contributed by atoms with Crippen LogP contribution in [0.5, 0.6) is 5.75 Å². The summed E-state index contributed by atoms with van der Waals surface area (Å²) in [5, 5.41) is 0. The molecule has 0 unspecified atom stereocenters. The number of carbonyl (C=O) groups is 2. The smallest absolute Gasteiger partial charge is 0.248 e. The molecule has 2 aromatic rings. The summed E-state index contributed by atoms with van der Waals surface area (Å²) in [6, 6.07) is 15.3. The van der Waals surface area contributed by atoms with Crippen molar-refractivity contribution >= 4 is 11.8 Å². The summed E-state index contributed by atoms with van der Waals surface area (Å²) in [5.41, 5.74) is 8.09. The van der Waals surface area contributed by atoms with E-state index in [1.165, 1.54) is 0 Å². The molecule has 28 heavy (non-hydrogen) atoms. The molecule has 0 aromatic heterocycles. The zero-order valence-electron chi connectivity index (χ0n) is 16.3. The molecule has 3 rings (SSSR count). The molecule has 148 valence electrons. The molecule has 2 aromatic carbocycles. The predicted molar refractivity (Wildman–Crippen MR) is 108 cm³/mol. The quantitative estimate of drug-likeness (QED) is 0.797. The predicted octanol–water partition coefficient (Wildman–Crippen LogP) is 2.07. The fraction of sp³-hybridized carbons (Fsp3) is 0.364. The van der Waals surface area contributed by atoms with E-state index in [0.717, 1.165) is 56.0 Å². The highest BCUT2D eigenvalue weighted by Gasteiger charge is 2.21. The number of nitrogens with zero attached hydrogens (tertiary/aromatic N) is 2. The van der Waals surface area contributed by atoms with Gasteiger partial charge in [-0.15, -0.1) is 0 Å². The summed E-state index contributed by atoms with van der Waals surface area (Å²) >= 11 is 0. The standard InChI is InChI=1S/C22H27N3O3/c1-28-20-8-5-17(6-9-20)7-10-21(26)25-13-11-24(12-14-25)16-18-3-2-4-19(15-18)22(23)27/h2-6,8-9,15H,7,10-14,16H2,1H3,(H2,23,27). The molecule has 1 fully saturated rings. The van der Waals surface area contributed by atoms with Gasteiger partial charge in [0.1, 0.15) is 5.75 Å². The van der Waals surface area contributed by atoms with E-state index >= 15 is 0 Å². The van der Waals surface area contributed by atoms with Crippen LogP contribution in [0.4, 0.5) is 0 Å². The van der Waals surface area contributed by atoms with Crippen molar-refractivity contribution in [2.75, 3.05) is 33.3 Å². The van der Waals surface area contributed by atoms with Crippen LogP contribution in [-0.4, -0.2) is 54.9 Å². The molecule has 1 aliphatic rings. The van der Waals surface area contributed by atoms with Crippen molar-refractivity contribution in [1.29, 1.82) is 0 Å². The minimum absolute atomic E-state index is 0.200. The van der Waals surface area contributed by atoms with Gasteiger partial charge in [-0.3, -0.25) is 14.5 Å². The van der Waals surface area contributed by atoms with Crippen LogP contribution in [-0.2, 0) is 17.8 Å². The Morgan fingerprint density at radius 3 is 2.36 bits per heavy atom. The average Bonchev–Trinajstić information content (AvgIpc) is 2.73. The molecule has 0 radical (unpaired) electrons. The van der Waals surface area contributed by atoms with Crippen LogP contribution in [0.15, 0.2) is 48.5 Å². The number of rotatable bonds is 7. The van der Waals surface area contributed by atoms with E-state index in [1.54, 1.807) is 13.2 Å². The lowest BCUT2D eigenvalue weighted by Gasteiger charge is -2.35. The number of methoxy groups -OCH3 is 1. The molecule has 1 heterocycles. The van der Waals surface area contributed by atoms with Gasteiger partial charge in [0.15, 0.2) is 0 Å². The molecule has 2 N–H and O–H groups in total. The van der Waals surface area contributed by atoms with Gasteiger partial charge in [-0.2, -0.15) is 0 Å². The van der Waals surface area contributed by atoms with Crippen molar-refractivity contribution in [3.8, 4) is 5.75 Å². The second-order valence-corrected chi connectivity index (χ2v) is 7.07. The largest absolute Gasteiger partial charge is 0.497 e. The first kappa shape index (κ1) is 19.9. The highest BCUT2D eigenvalue weighted by molar-refractivity contribution is 5.92. The monoisotopic (exact) mass is 381 g/mol. The van der Waals surface area contributed by atoms with Crippen molar-refractivity contribution in [3.63, 3.8) is 0 Å². The highest BCUT2D eigenvalue weighted by atomic mass is 16.5. The van der Waals surface area contributed by atoms with Gasteiger partial charge in [0.25, 0.3) is 0 Å². The molecule has 0 spiro atoms. The van der Waals surface area contributed by atoms with Crippen molar-refractivity contribution in [2.24, 2.45) is 5.73 Å². The fourth-order valence-corrected chi connectivity index (χ4v) is 3.44. The number of hydrogen-bond donors (Lipinski definition) is 1. The third-order valence-corrected chi connectivity index (χ3v) is 5.13. The minimum Gasteiger partial charge on any atom is -0.497 e. The SMILES string of the molecule is COc1ccc(CCC(=O)N2CCN(Cc3cccc(C(N)=O)c3)CC2)cc1. The van der Waals surface area contributed by atoms with Gasteiger partial charge < -0.3 is 15.4 Å². The summed E-state index contributed by atoms with van der Waals surface area (Å²) in [6.07, 6.45) is 1.26. The number of benzene rings is 2. The number of primary amides is 1. The Morgan fingerprint density at radius 1 is 1.00 bits per heavy atom. The van der Waals surface area contributed by atoms with Crippen molar-refractivity contribution in [2.45, 2.75) is 19.4 Å². The summed E-state index contributed by atoms with van der Waals surface area (Å²) in [7, 11) is 1.65. The van der Waals surface area contributed by atoms with Gasteiger partial charge in [0.05, 0.1) is 7.11 Å². The Kier molecular flexibility index (Phi) is 6.66. The number of ether oxygens (including phenoxy) is 1. The Labute approximate surface area is 165 Å². The molecular weight excluding hydrogens is 354 g/mol. The Hall–Kier alpha value is -2.86. The number of amides is 2. The van der Waals surface area contributed by atoms with Gasteiger partial charge in [-0.05, 0) is 41.8 Å². The maximum atomic E-state index is 12.5. The molecule has 1 saturated heterocycles. The summed E-state index contributed by atoms with van der Waals surface area (Å²) in [5.74, 6) is 0.618. The Morgan fingerprint density at radius 2 is 1.71 bits per heavy atom. The summed E-state index contributed by atoms with van der Waals surface area (Å²) in [6.45, 7) is 3.88. The maximum absolute atomic E-state index is 12.5. The zero-order valence-corrected chi connectivity index (χ0v) is 16.3. The van der Waals surface area contributed by atoms with Crippen LogP contribution in [0.2, 0.25) is 0 Å². The van der Waals surface area contributed by atoms with Gasteiger partial charge in [0, 0.05) is 44.7 Å². The van der Waals surface area contributed by atoms with E-state index in [9.17, 15) is 9.59 Å². The lowest BCUT2D eigenvalue weighted by atomic mass is 10.1. The van der Waals surface area contributed by atoms with Crippen molar-refractivity contribution in [1.82, 2.24) is 9.80 Å². The molecule has 0 aliphatic carbocycles. The first-order valence-electron chi connectivity index (χ1n) is 9.57. The van der Waals surface area contributed by atoms with E-state index in [4.69, 9.17) is 10.5 Å². The van der Waals surface area contributed by atoms with Gasteiger partial charge in [-0.25, -0.2) is 0 Å². The number of piperazine rings is 1. The van der Waals surface area contributed by atoms with Crippen molar-refractivity contribution in [3.05, 3.63) is 65.2 Å². The van der Waals surface area contributed by atoms with Crippen LogP contribution in [0.25, 0.3) is 0 Å². The number of aryl methyl sites for hydroxylation is 1. The maximum Gasteiger partial charge on any atom is 0.248 e. The van der Waals surface area contributed by atoms with Gasteiger partial charge in [0.2, 0.25) is 11.8 Å². The van der Waals surface area contributed by atoms with Crippen molar-refractivity contribution < 1.29 is 14.3 Å². The number of nitrogens with two attached hydrogens (primary N) is 1. The van der Waals surface area contributed by atoms with E-state index in [-0.39, 0.29) is 5.91 Å². The first-order chi connectivity index (χ1) is 13.5. The topological polar surface area (TPSA) is 75.9 Å². The second kappa shape index (κ2) is 9.37. The number of hydrogen-bond acceptors (Lipinski definition) is 4. The lowest BCUT2D eigenvalue weighted by Crippen LogP contribution is -2.48. The fourth-order valence-electron chi connectivity index (χ4n) is 3.44. The molecule has 0 atom stereocenters. The van der Waals surface area contributed by atoms with E-state index in [2.05, 4.69) is 4.90 Å². The Balaban J connectivity index is 1.44. The first-order valence-corrected chi connectivity index (χ1v) is 9.57. The highest BCUT2D eigenvalue weighted by Crippen LogP contribution is 2.14. The van der Waals surface area contributed by atoms with E-state index < -0.39 is 5.91 Å². The Bertz CT molecular complexity index is 812. The molecule has 2 amide bonds. The van der Waals surface area contributed by atoms with E-state index in [1.807, 2.05) is 47.4 Å². The van der Waals surface area contributed by atoms with Gasteiger partial charge in [-0.1, -0.05) is 24.3 Å².